The summed E-state index contributed by atoms with van der Waals surface area (Å²) in [4.78, 5) is 30.0. The Morgan fingerprint density at radius 2 is 0.954 bits per heavy atom. The number of aromatic nitrogens is 4. The van der Waals surface area contributed by atoms with Crippen molar-refractivity contribution >= 4 is 46.2 Å². The number of aliphatic hydroxyl groups excluding tert-OH is 3. The minimum absolute atomic E-state index is 0.119. The van der Waals surface area contributed by atoms with Gasteiger partial charge in [0, 0.05) is 88.6 Å². The van der Waals surface area contributed by atoms with Gasteiger partial charge in [0.1, 0.15) is 10.7 Å². The van der Waals surface area contributed by atoms with E-state index in [1.54, 1.807) is 60.9 Å². The summed E-state index contributed by atoms with van der Waals surface area (Å²) in [6.07, 6.45) is 6.00. The first-order valence-electron chi connectivity index (χ1n) is 21.6. The average molecular weight is 946 g/mol. The van der Waals surface area contributed by atoms with Crippen molar-refractivity contribution in [2.75, 3.05) is 88.6 Å². The number of halogens is 3. The smallest absolute Gasteiger partial charge is 0.316 e. The van der Waals surface area contributed by atoms with Gasteiger partial charge in [0.2, 0.25) is 5.75 Å². The maximum absolute atomic E-state index is 13.4. The molecule has 0 amide bonds. The maximum atomic E-state index is 13.4. The fourth-order valence-electron chi connectivity index (χ4n) is 7.37. The molecule has 0 spiro atoms. The molecule has 8 rings (SSSR count). The summed E-state index contributed by atoms with van der Waals surface area (Å²) in [6, 6.07) is 30.0. The van der Waals surface area contributed by atoms with E-state index in [4.69, 9.17) is 49.8 Å². The number of hydrogen-bond acceptors (Lipinski definition) is 12. The lowest BCUT2D eigenvalue weighted by molar-refractivity contribution is 0.298. The molecule has 4 heterocycles. The van der Waals surface area contributed by atoms with Crippen LogP contribution < -0.4 is 36.3 Å². The molecule has 2 aliphatic heterocycles. The number of anilines is 2. The molecule has 2 saturated heterocycles. The standard InChI is InChI=1S/C24H27ClN4O3.C14H14Cl2N4O.C10H14O2/c25-20-5-2-6-21(16-20)29-24(31)23(22(17-27-29)28-11-9-26-10-12-28)32-14-8-19-4-1-3-18(15-19)7-13-30;15-10-2-1-3-11(8-10)20-14(21)13(16)12(9-18-20)19-6-4-17-5-7-19;11-6-4-9-2-1-3-10(8-9)5-7-12/h1-6,15-17,26,30H,7-14H2;1-3,8-9,17H,4-7H2;1-3,8,11-12H,4-7H2. The second-order valence-electron chi connectivity index (χ2n) is 15.2. The Morgan fingerprint density at radius 3 is 1.42 bits per heavy atom. The highest BCUT2D eigenvalue weighted by Gasteiger charge is 2.22. The first-order valence-corrected chi connectivity index (χ1v) is 22.8. The van der Waals surface area contributed by atoms with Crippen LogP contribution in [0.25, 0.3) is 11.4 Å². The largest absolute Gasteiger partial charge is 0.486 e. The van der Waals surface area contributed by atoms with Crippen molar-refractivity contribution in [3.63, 3.8) is 0 Å². The Morgan fingerprint density at radius 1 is 0.538 bits per heavy atom. The van der Waals surface area contributed by atoms with Crippen LogP contribution in [0.4, 0.5) is 11.4 Å². The second kappa shape index (κ2) is 25.4. The molecule has 344 valence electrons. The zero-order valence-electron chi connectivity index (χ0n) is 36.1. The summed E-state index contributed by atoms with van der Waals surface area (Å²) < 4.78 is 8.69. The predicted octanol–water partition coefficient (Wildman–Crippen LogP) is 5.16. The van der Waals surface area contributed by atoms with Crippen molar-refractivity contribution in [1.82, 2.24) is 30.2 Å². The highest BCUT2D eigenvalue weighted by molar-refractivity contribution is 6.33. The molecule has 2 aromatic heterocycles. The minimum Gasteiger partial charge on any atom is -0.486 e. The monoisotopic (exact) mass is 944 g/mol. The van der Waals surface area contributed by atoms with Crippen molar-refractivity contribution in [1.29, 1.82) is 0 Å². The van der Waals surface area contributed by atoms with Crippen LogP contribution in [0.2, 0.25) is 15.1 Å². The molecule has 6 aromatic rings. The van der Waals surface area contributed by atoms with E-state index < -0.39 is 0 Å². The molecule has 0 radical (unpaired) electrons. The van der Waals surface area contributed by atoms with Gasteiger partial charge in [-0.2, -0.15) is 19.6 Å². The predicted molar refractivity (Wildman–Crippen MR) is 259 cm³/mol. The molecule has 0 bridgehead atoms. The van der Waals surface area contributed by atoms with Gasteiger partial charge >= 0.3 is 5.56 Å². The second-order valence-corrected chi connectivity index (χ2v) is 16.5. The summed E-state index contributed by atoms with van der Waals surface area (Å²) >= 11 is 18.3. The molecule has 65 heavy (non-hydrogen) atoms. The van der Waals surface area contributed by atoms with E-state index in [-0.39, 0.29) is 36.0 Å². The SMILES string of the molecule is O=c1c(Cl)c(N2CCNCC2)cnn1-c1cccc(Cl)c1.O=c1c(OCCc2cccc(CCO)c2)c(N2CCNCC2)cnn1-c1cccc(Cl)c1.OCCc1cccc(CCO)c1. The highest BCUT2D eigenvalue weighted by atomic mass is 35.5. The summed E-state index contributed by atoms with van der Waals surface area (Å²) in [7, 11) is 0. The van der Waals surface area contributed by atoms with Crippen LogP contribution in [-0.2, 0) is 25.7 Å². The molecule has 2 fully saturated rings. The Labute approximate surface area is 393 Å². The van der Waals surface area contributed by atoms with Crippen LogP contribution in [0.1, 0.15) is 22.3 Å². The summed E-state index contributed by atoms with van der Waals surface area (Å²) in [5, 5.41) is 43.0. The van der Waals surface area contributed by atoms with Gasteiger partial charge in [0.05, 0.1) is 36.1 Å². The molecule has 0 saturated carbocycles. The van der Waals surface area contributed by atoms with E-state index >= 15 is 0 Å². The molecule has 2 aliphatic rings. The van der Waals surface area contributed by atoms with E-state index in [0.717, 1.165) is 74.6 Å². The van der Waals surface area contributed by atoms with Crippen LogP contribution in [0, 0.1) is 0 Å². The lowest BCUT2D eigenvalue weighted by Crippen LogP contribution is -2.44. The number of piperazine rings is 2. The minimum atomic E-state index is -0.338. The lowest BCUT2D eigenvalue weighted by atomic mass is 10.1. The fraction of sp³-hybridized carbons (Fsp3) is 0.333. The summed E-state index contributed by atoms with van der Waals surface area (Å²) in [6.45, 7) is 7.44. The third-order valence-corrected chi connectivity index (χ3v) is 11.5. The zero-order valence-corrected chi connectivity index (χ0v) is 38.4. The van der Waals surface area contributed by atoms with E-state index in [1.165, 1.54) is 9.36 Å². The summed E-state index contributed by atoms with van der Waals surface area (Å²) in [5.74, 6) is 0.299. The van der Waals surface area contributed by atoms with Crippen LogP contribution in [0.5, 0.6) is 5.75 Å². The first-order chi connectivity index (χ1) is 31.7. The number of ether oxygens (including phenoxy) is 1. The molecule has 0 atom stereocenters. The van der Waals surface area contributed by atoms with Crippen molar-refractivity contribution in [3.8, 4) is 17.1 Å². The third kappa shape index (κ3) is 14.1. The normalized spacial score (nSPS) is 13.6. The number of rotatable bonds is 14. The third-order valence-electron chi connectivity index (χ3n) is 10.7. The number of benzene rings is 4. The average Bonchev–Trinajstić information content (AvgIpc) is 3.32. The zero-order chi connectivity index (χ0) is 46.0. The molecule has 5 N–H and O–H groups in total. The van der Waals surface area contributed by atoms with E-state index in [9.17, 15) is 14.7 Å². The maximum Gasteiger partial charge on any atom is 0.316 e. The van der Waals surface area contributed by atoms with Crippen LogP contribution in [0.15, 0.2) is 119 Å². The molecule has 14 nitrogen and oxygen atoms in total. The van der Waals surface area contributed by atoms with Gasteiger partial charge in [0.15, 0.2) is 0 Å². The van der Waals surface area contributed by atoms with E-state index in [0.29, 0.717) is 70.8 Å². The van der Waals surface area contributed by atoms with Gasteiger partial charge in [-0.15, -0.1) is 0 Å². The van der Waals surface area contributed by atoms with Gasteiger partial charge < -0.3 is 40.5 Å². The van der Waals surface area contributed by atoms with Crippen molar-refractivity contribution in [3.05, 3.63) is 167 Å². The first kappa shape index (κ1) is 49.2. The number of aliphatic hydroxyl groups is 3. The van der Waals surface area contributed by atoms with Crippen molar-refractivity contribution in [2.24, 2.45) is 0 Å². The van der Waals surface area contributed by atoms with Gasteiger partial charge in [-0.05, 0) is 77.9 Å². The molecule has 0 aliphatic carbocycles. The number of hydrogen-bond donors (Lipinski definition) is 5. The molecule has 17 heteroatoms. The quantitative estimate of drug-likeness (QED) is 0.0975. The number of nitrogens with one attached hydrogen (secondary N) is 2. The van der Waals surface area contributed by atoms with Gasteiger partial charge in [-0.25, -0.2) is 0 Å². The van der Waals surface area contributed by atoms with Gasteiger partial charge in [0.25, 0.3) is 5.56 Å². The van der Waals surface area contributed by atoms with Crippen LogP contribution in [0.3, 0.4) is 0 Å². The Kier molecular flexibility index (Phi) is 19.2. The van der Waals surface area contributed by atoms with Crippen molar-refractivity contribution < 1.29 is 20.1 Å². The van der Waals surface area contributed by atoms with Crippen LogP contribution in [-0.4, -0.2) is 114 Å². The van der Waals surface area contributed by atoms with Crippen molar-refractivity contribution in [2.45, 2.75) is 25.7 Å². The highest BCUT2D eigenvalue weighted by Crippen LogP contribution is 2.26. The van der Waals surface area contributed by atoms with E-state index in [2.05, 4.69) is 36.7 Å². The number of nitrogens with zero attached hydrogens (tertiary/aromatic N) is 6. The lowest BCUT2D eigenvalue weighted by Gasteiger charge is -2.30. The molecular formula is C48H55Cl3N8O6. The Bertz CT molecular complexity index is 2540. The van der Waals surface area contributed by atoms with Gasteiger partial charge in [-0.1, -0.05) is 95.5 Å². The Balaban J connectivity index is 0.000000181. The summed E-state index contributed by atoms with van der Waals surface area (Å²) in [5.41, 5.74) is 6.38. The van der Waals surface area contributed by atoms with Gasteiger partial charge in [-0.3, -0.25) is 9.59 Å². The molecular weight excluding hydrogens is 891 g/mol. The van der Waals surface area contributed by atoms with E-state index in [1.807, 2.05) is 42.5 Å². The molecule has 0 unspecified atom stereocenters. The fourth-order valence-corrected chi connectivity index (χ4v) is 7.99. The topological polar surface area (TPSA) is 170 Å². The molecule has 4 aromatic carbocycles. The van der Waals surface area contributed by atoms with Crippen LogP contribution >= 0.6 is 34.8 Å². The Hall–Kier alpha value is -5.29.